The first-order valence-corrected chi connectivity index (χ1v) is 30.3. The Hall–Kier alpha value is -8.58. The number of amides is 3. The number of likely N-dealkylation sites (tertiary alicyclic amines) is 1. The molecule has 6 aliphatic rings. The number of aromatic amines is 3. The van der Waals surface area contributed by atoms with Gasteiger partial charge in [0, 0.05) is 69.2 Å². The molecular weight excluding hydrogens is 1080 g/mol. The minimum Gasteiger partial charge on any atom is -0.508 e. The fourth-order valence-corrected chi connectivity index (χ4v) is 13.3. The van der Waals surface area contributed by atoms with Gasteiger partial charge in [-0.1, -0.05) is 66.7 Å². The largest absolute Gasteiger partial charge is 0.508 e. The number of phenolic OH excluding ortho intramolecular Hbond substituents is 3. The van der Waals surface area contributed by atoms with Crippen molar-refractivity contribution in [2.24, 2.45) is 0 Å². The van der Waals surface area contributed by atoms with Crippen molar-refractivity contribution in [3.63, 3.8) is 0 Å². The Bertz CT molecular complexity index is 3610. The Balaban J connectivity index is 0.000000127. The van der Waals surface area contributed by atoms with Crippen molar-refractivity contribution >= 4 is 17.7 Å². The van der Waals surface area contributed by atoms with Gasteiger partial charge in [-0.3, -0.25) is 14.4 Å². The number of aromatic nitrogens is 6. The van der Waals surface area contributed by atoms with Gasteiger partial charge >= 0.3 is 0 Å². The number of phenols is 3. The molecule has 0 spiro atoms. The number of nitrogens with one attached hydrogen (secondary N) is 6. The van der Waals surface area contributed by atoms with Crippen molar-refractivity contribution in [1.29, 1.82) is 0 Å². The molecule has 3 aromatic heterocycles. The molecule has 6 aliphatic heterocycles. The molecule has 18 heteroatoms. The summed E-state index contributed by atoms with van der Waals surface area (Å²) in [5.41, 5.74) is 17.6. The molecule has 3 amide bonds. The molecule has 5 aromatic carbocycles. The van der Waals surface area contributed by atoms with Crippen molar-refractivity contribution in [2.45, 2.75) is 162 Å². The third-order valence-electron chi connectivity index (χ3n) is 18.6. The van der Waals surface area contributed by atoms with Crippen molar-refractivity contribution in [3.8, 4) is 17.2 Å². The minimum atomic E-state index is -0.285. The van der Waals surface area contributed by atoms with Gasteiger partial charge < -0.3 is 60.9 Å². The number of carbonyl (C=O) groups excluding carboxylic acids is 3. The maximum absolute atomic E-state index is 13.7. The lowest BCUT2D eigenvalue weighted by atomic mass is 9.90. The lowest BCUT2D eigenvalue weighted by molar-refractivity contribution is -0.138. The molecule has 1 saturated heterocycles. The summed E-state index contributed by atoms with van der Waals surface area (Å²) in [4.78, 5) is 70.9. The van der Waals surface area contributed by atoms with E-state index in [9.17, 15) is 29.7 Å². The highest BCUT2D eigenvalue weighted by Gasteiger charge is 2.40. The van der Waals surface area contributed by atoms with E-state index < -0.39 is 0 Å². The molecular formula is C68H78N12O6. The normalized spacial score (nSPS) is 21.3. The number of benzene rings is 5. The van der Waals surface area contributed by atoms with Crippen molar-refractivity contribution < 1.29 is 29.7 Å². The maximum atomic E-state index is 13.7. The zero-order chi connectivity index (χ0) is 59.9. The van der Waals surface area contributed by atoms with E-state index in [0.29, 0.717) is 52.0 Å². The molecule has 6 atom stereocenters. The van der Waals surface area contributed by atoms with Gasteiger partial charge in [0.05, 0.1) is 53.3 Å². The Labute approximate surface area is 501 Å². The predicted octanol–water partition coefficient (Wildman–Crippen LogP) is 8.65. The summed E-state index contributed by atoms with van der Waals surface area (Å²) in [6.07, 6.45) is 6.52. The average molecular weight is 1160 g/mol. The van der Waals surface area contributed by atoms with E-state index in [4.69, 9.17) is 9.97 Å². The molecule has 18 nitrogen and oxygen atoms in total. The fraction of sp³-hybridized carbons (Fsp3) is 0.382. The lowest BCUT2D eigenvalue weighted by Crippen LogP contribution is -2.51. The van der Waals surface area contributed by atoms with E-state index in [-0.39, 0.29) is 71.2 Å². The third kappa shape index (κ3) is 12.0. The number of rotatable bonds is 6. The number of fused-ring (bicyclic) bond motifs is 5. The van der Waals surface area contributed by atoms with Gasteiger partial charge in [-0.15, -0.1) is 0 Å². The number of piperidine rings is 1. The molecule has 1 fully saturated rings. The quantitative estimate of drug-likeness (QED) is 0.0760. The first-order valence-electron chi connectivity index (χ1n) is 30.3. The number of carbonyl (C=O) groups is 3. The van der Waals surface area contributed by atoms with Crippen LogP contribution in [-0.2, 0) is 79.2 Å². The van der Waals surface area contributed by atoms with Gasteiger partial charge in [0.15, 0.2) is 0 Å². The van der Waals surface area contributed by atoms with E-state index in [2.05, 4.69) is 72.3 Å². The summed E-state index contributed by atoms with van der Waals surface area (Å²) in [6, 6.07) is 31.9. The topological polar surface area (TPSA) is 244 Å². The highest BCUT2D eigenvalue weighted by Crippen LogP contribution is 2.37. The van der Waals surface area contributed by atoms with Crippen LogP contribution in [0.3, 0.4) is 0 Å². The second kappa shape index (κ2) is 24.4. The Kier molecular flexibility index (Phi) is 16.4. The van der Waals surface area contributed by atoms with Crippen LogP contribution < -0.4 is 16.0 Å². The number of hydrogen-bond donors (Lipinski definition) is 9. The second-order valence-electron chi connectivity index (χ2n) is 24.2. The highest BCUT2D eigenvalue weighted by molar-refractivity contribution is 5.85. The van der Waals surface area contributed by atoms with E-state index >= 15 is 0 Å². The summed E-state index contributed by atoms with van der Waals surface area (Å²) < 4.78 is 0. The maximum Gasteiger partial charge on any atom is 0.240 e. The van der Waals surface area contributed by atoms with Gasteiger partial charge in [0.1, 0.15) is 34.7 Å². The first kappa shape index (κ1) is 57.8. The molecule has 0 aliphatic carbocycles. The number of aromatic hydroxyl groups is 3. The van der Waals surface area contributed by atoms with Gasteiger partial charge in [-0.2, -0.15) is 0 Å². The van der Waals surface area contributed by atoms with E-state index in [1.807, 2.05) is 86.6 Å². The molecule has 14 rings (SSSR count). The number of nitrogens with zero attached hydrogens (tertiary/aromatic N) is 6. The second-order valence-corrected chi connectivity index (χ2v) is 24.2. The number of H-pyrrole nitrogens is 3. The van der Waals surface area contributed by atoms with Crippen LogP contribution in [0.4, 0.5) is 0 Å². The summed E-state index contributed by atoms with van der Waals surface area (Å²) in [5.74, 6) is 3.76. The fourth-order valence-electron chi connectivity index (χ4n) is 13.3. The van der Waals surface area contributed by atoms with Crippen LogP contribution in [0.5, 0.6) is 17.2 Å². The predicted molar refractivity (Wildman–Crippen MR) is 327 cm³/mol. The van der Waals surface area contributed by atoms with Crippen LogP contribution in [0.15, 0.2) is 103 Å². The van der Waals surface area contributed by atoms with Crippen LogP contribution >= 0.6 is 0 Å². The molecule has 446 valence electrons. The zero-order valence-corrected chi connectivity index (χ0v) is 49.9. The Morgan fingerprint density at radius 3 is 1.10 bits per heavy atom. The number of imidazole rings is 3. The Morgan fingerprint density at radius 1 is 0.407 bits per heavy atom. The van der Waals surface area contributed by atoms with Crippen molar-refractivity contribution in [3.05, 3.63) is 210 Å². The van der Waals surface area contributed by atoms with E-state index in [0.717, 1.165) is 124 Å². The van der Waals surface area contributed by atoms with Gasteiger partial charge in [-0.25, -0.2) is 15.0 Å². The standard InChI is InChI=1S/2C24H26N4O2.C20H26N4O2/c2*1-14-15(2)27-23(26-14)22-11-16-5-3-4-6-18(16)13-28(22)24(30)21-10-17-7-8-20(29)9-19(17)12-25-21;1-12-13(2)23-19(22-12)18-5-3-4-8-24(18)20(26)17-10-14-6-7-16(25)9-15(14)11-21-17/h2*3-9,21-22,25,29H,10-13H2,1-2H3,(H,26,27);6-7,9,17-18,21,25H,3-5,8,10-11H2,1-2H3,(H,22,23)/t21-,22+;21-,22-;17-,18-/m000/s1. The van der Waals surface area contributed by atoms with Crippen molar-refractivity contribution in [2.75, 3.05) is 6.54 Å². The minimum absolute atomic E-state index is 0.0339. The SMILES string of the molecule is Cc1nc([C@@H]2CCCCN2C(=O)[C@@H]2Cc3ccc(O)cc3CN2)[nH]c1C.Cc1nc([C@@H]2Cc3ccccc3CN2C(=O)[C@@H]2Cc3ccc(O)cc3CN2)[nH]c1C.Cc1nc([C@H]2Cc3ccccc3CN2C(=O)[C@@H]2Cc3ccc(O)cc3CN2)[nH]c1C. The summed E-state index contributed by atoms with van der Waals surface area (Å²) in [6.45, 7) is 15.8. The van der Waals surface area contributed by atoms with E-state index in [1.54, 1.807) is 36.4 Å². The van der Waals surface area contributed by atoms with Gasteiger partial charge in [0.25, 0.3) is 0 Å². The van der Waals surface area contributed by atoms with Crippen LogP contribution in [-0.4, -0.2) is 102 Å². The molecule has 0 saturated carbocycles. The molecule has 86 heavy (non-hydrogen) atoms. The summed E-state index contributed by atoms with van der Waals surface area (Å²) in [5, 5.41) is 39.2. The molecule has 0 radical (unpaired) electrons. The number of aryl methyl sites for hydroxylation is 6. The van der Waals surface area contributed by atoms with Gasteiger partial charge in [-0.05, 0) is 172 Å². The lowest BCUT2D eigenvalue weighted by Gasteiger charge is -2.39. The average Bonchev–Trinajstić information content (AvgIpc) is 3.08. The van der Waals surface area contributed by atoms with Crippen LogP contribution in [0.1, 0.15) is 145 Å². The Morgan fingerprint density at radius 2 is 0.744 bits per heavy atom. The van der Waals surface area contributed by atoms with Crippen LogP contribution in [0.2, 0.25) is 0 Å². The monoisotopic (exact) mass is 1160 g/mol. The summed E-state index contributed by atoms with van der Waals surface area (Å²) >= 11 is 0. The third-order valence-corrected chi connectivity index (χ3v) is 18.6. The van der Waals surface area contributed by atoms with Crippen molar-refractivity contribution in [1.82, 2.24) is 60.6 Å². The molecule has 8 aromatic rings. The van der Waals surface area contributed by atoms with Crippen LogP contribution in [0, 0.1) is 41.5 Å². The number of hydrogen-bond acceptors (Lipinski definition) is 12. The summed E-state index contributed by atoms with van der Waals surface area (Å²) in [7, 11) is 0. The molecule has 0 unspecified atom stereocenters. The van der Waals surface area contributed by atoms with E-state index in [1.165, 1.54) is 22.3 Å². The molecule has 9 N–H and O–H groups in total. The molecule has 0 bridgehead atoms. The zero-order valence-electron chi connectivity index (χ0n) is 49.9. The molecule has 9 heterocycles. The highest BCUT2D eigenvalue weighted by atomic mass is 16.3. The first-order chi connectivity index (χ1) is 41.5. The van der Waals surface area contributed by atoms with Gasteiger partial charge in [0.2, 0.25) is 17.7 Å². The van der Waals surface area contributed by atoms with Crippen LogP contribution in [0.25, 0.3) is 0 Å². The smallest absolute Gasteiger partial charge is 0.240 e.